The van der Waals surface area contributed by atoms with E-state index in [0.29, 0.717) is 19.6 Å². The van der Waals surface area contributed by atoms with Gasteiger partial charge in [-0.25, -0.2) is 0 Å². The molecule has 0 aromatic heterocycles. The molecule has 0 saturated carbocycles. The molecule has 0 fully saturated rings. The molecule has 0 radical (unpaired) electrons. The second kappa shape index (κ2) is 6.59. The number of amides is 1. The maximum atomic E-state index is 11.8. The van der Waals surface area contributed by atoms with Crippen molar-refractivity contribution in [1.29, 1.82) is 0 Å². The summed E-state index contributed by atoms with van der Waals surface area (Å²) in [7, 11) is 1.77. The van der Waals surface area contributed by atoms with Crippen LogP contribution in [-0.4, -0.2) is 60.0 Å². The quantitative estimate of drug-likeness (QED) is 0.722. The maximum Gasteiger partial charge on any atom is 0.310 e. The number of aliphatic carboxylic acids is 1. The van der Waals surface area contributed by atoms with E-state index in [1.165, 1.54) is 0 Å². The first-order chi connectivity index (χ1) is 7.74. The van der Waals surface area contributed by atoms with E-state index in [1.807, 2.05) is 13.8 Å². The van der Waals surface area contributed by atoms with Gasteiger partial charge in [-0.3, -0.25) is 14.5 Å². The van der Waals surface area contributed by atoms with E-state index in [0.717, 1.165) is 0 Å². The lowest BCUT2D eigenvalue weighted by Gasteiger charge is -2.28. The molecule has 5 nitrogen and oxygen atoms in total. The van der Waals surface area contributed by atoms with Crippen molar-refractivity contribution in [1.82, 2.24) is 9.80 Å². The van der Waals surface area contributed by atoms with Crippen LogP contribution in [-0.2, 0) is 9.59 Å². The molecule has 0 atom stereocenters. The van der Waals surface area contributed by atoms with E-state index < -0.39 is 11.4 Å². The third kappa shape index (κ3) is 5.17. The first-order valence-corrected chi connectivity index (χ1v) is 5.94. The zero-order chi connectivity index (χ0) is 13.6. The third-order valence-corrected chi connectivity index (χ3v) is 2.77. The highest BCUT2D eigenvalue weighted by molar-refractivity contribution is 5.78. The van der Waals surface area contributed by atoms with Crippen LogP contribution < -0.4 is 0 Å². The monoisotopic (exact) mass is 244 g/mol. The Kier molecular flexibility index (Phi) is 6.16. The van der Waals surface area contributed by atoms with Gasteiger partial charge in [0.05, 0.1) is 12.0 Å². The summed E-state index contributed by atoms with van der Waals surface area (Å²) in [6, 6.07) is 0. The van der Waals surface area contributed by atoms with Gasteiger partial charge in [0.15, 0.2) is 0 Å². The van der Waals surface area contributed by atoms with E-state index in [-0.39, 0.29) is 12.5 Å². The lowest BCUT2D eigenvalue weighted by molar-refractivity contribution is -0.148. The first kappa shape index (κ1) is 15.9. The molecule has 1 N–H and O–H groups in total. The molecule has 0 rings (SSSR count). The topological polar surface area (TPSA) is 60.9 Å². The number of carbonyl (C=O) groups is 2. The van der Waals surface area contributed by atoms with Crippen LogP contribution in [0, 0.1) is 5.41 Å². The van der Waals surface area contributed by atoms with Crippen LogP contribution in [0.1, 0.15) is 27.7 Å². The van der Waals surface area contributed by atoms with Crippen LogP contribution in [0.25, 0.3) is 0 Å². The number of carboxylic acids is 1. The SMILES string of the molecule is CCN(CC)C(=O)CN(C)CC(C)(C)C(=O)O. The summed E-state index contributed by atoms with van der Waals surface area (Å²) in [6.45, 7) is 9.18. The fourth-order valence-corrected chi connectivity index (χ4v) is 1.71. The van der Waals surface area contributed by atoms with E-state index in [4.69, 9.17) is 5.11 Å². The maximum absolute atomic E-state index is 11.8. The highest BCUT2D eigenvalue weighted by Crippen LogP contribution is 2.16. The summed E-state index contributed by atoms with van der Waals surface area (Å²) >= 11 is 0. The van der Waals surface area contributed by atoms with Gasteiger partial charge in [-0.2, -0.15) is 0 Å². The molecular weight excluding hydrogens is 220 g/mol. The highest BCUT2D eigenvalue weighted by Gasteiger charge is 2.29. The van der Waals surface area contributed by atoms with Crippen LogP contribution in [0.2, 0.25) is 0 Å². The number of nitrogens with zero attached hydrogens (tertiary/aromatic N) is 2. The van der Waals surface area contributed by atoms with Crippen LogP contribution in [0.4, 0.5) is 0 Å². The summed E-state index contributed by atoms with van der Waals surface area (Å²) in [4.78, 5) is 26.3. The zero-order valence-corrected chi connectivity index (χ0v) is 11.5. The molecule has 0 aliphatic heterocycles. The smallest absolute Gasteiger partial charge is 0.310 e. The molecule has 0 spiro atoms. The Labute approximate surface area is 103 Å². The Morgan fingerprint density at radius 1 is 1.18 bits per heavy atom. The second-order valence-electron chi connectivity index (χ2n) is 4.93. The van der Waals surface area contributed by atoms with Crippen molar-refractivity contribution in [2.75, 3.05) is 33.2 Å². The first-order valence-electron chi connectivity index (χ1n) is 5.94. The minimum Gasteiger partial charge on any atom is -0.481 e. The van der Waals surface area contributed by atoms with E-state index >= 15 is 0 Å². The van der Waals surface area contributed by atoms with Crippen LogP contribution in [0.3, 0.4) is 0 Å². The molecule has 5 heteroatoms. The Morgan fingerprint density at radius 2 is 1.65 bits per heavy atom. The van der Waals surface area contributed by atoms with Gasteiger partial charge in [-0.1, -0.05) is 0 Å². The number of carboxylic acid groups (broad SMARTS) is 1. The molecular formula is C12H24N2O3. The predicted octanol–water partition coefficient (Wildman–Crippen LogP) is 0.897. The molecule has 0 heterocycles. The van der Waals surface area contributed by atoms with Gasteiger partial charge < -0.3 is 10.0 Å². The predicted molar refractivity (Wildman–Crippen MR) is 66.8 cm³/mol. The van der Waals surface area contributed by atoms with Crippen molar-refractivity contribution in [2.45, 2.75) is 27.7 Å². The molecule has 0 aromatic carbocycles. The van der Waals surface area contributed by atoms with Gasteiger partial charge in [0.25, 0.3) is 0 Å². The summed E-state index contributed by atoms with van der Waals surface area (Å²) in [5.74, 6) is -0.807. The van der Waals surface area contributed by atoms with Crippen molar-refractivity contribution < 1.29 is 14.7 Å². The van der Waals surface area contributed by atoms with Crippen LogP contribution in [0.5, 0.6) is 0 Å². The molecule has 0 aromatic rings. The van der Waals surface area contributed by atoms with E-state index in [1.54, 1.807) is 30.7 Å². The Hall–Kier alpha value is -1.10. The fraction of sp³-hybridized carbons (Fsp3) is 0.833. The number of hydrogen-bond acceptors (Lipinski definition) is 3. The fourth-order valence-electron chi connectivity index (χ4n) is 1.71. The van der Waals surface area contributed by atoms with Gasteiger partial charge in [0.1, 0.15) is 0 Å². The van der Waals surface area contributed by atoms with Crippen molar-refractivity contribution in [3.05, 3.63) is 0 Å². The van der Waals surface area contributed by atoms with Gasteiger partial charge in [-0.05, 0) is 34.7 Å². The third-order valence-electron chi connectivity index (χ3n) is 2.77. The Morgan fingerprint density at radius 3 is 2.00 bits per heavy atom. The molecule has 0 saturated heterocycles. The van der Waals surface area contributed by atoms with Gasteiger partial charge in [-0.15, -0.1) is 0 Å². The number of rotatable bonds is 7. The van der Waals surface area contributed by atoms with Gasteiger partial charge >= 0.3 is 5.97 Å². The van der Waals surface area contributed by atoms with Crippen molar-refractivity contribution >= 4 is 11.9 Å². The molecule has 100 valence electrons. The normalized spacial score (nSPS) is 11.6. The summed E-state index contributed by atoms with van der Waals surface area (Å²) in [5.41, 5.74) is -0.835. The molecule has 0 bridgehead atoms. The Balaban J connectivity index is 4.32. The molecule has 1 amide bonds. The van der Waals surface area contributed by atoms with Crippen LogP contribution in [0.15, 0.2) is 0 Å². The van der Waals surface area contributed by atoms with Crippen molar-refractivity contribution in [3.63, 3.8) is 0 Å². The average molecular weight is 244 g/mol. The van der Waals surface area contributed by atoms with E-state index in [2.05, 4.69) is 0 Å². The van der Waals surface area contributed by atoms with Crippen LogP contribution >= 0.6 is 0 Å². The number of likely N-dealkylation sites (N-methyl/N-ethyl adjacent to an activating group) is 2. The number of carbonyl (C=O) groups excluding carboxylic acids is 1. The van der Waals surface area contributed by atoms with Crippen molar-refractivity contribution in [2.24, 2.45) is 5.41 Å². The lowest BCUT2D eigenvalue weighted by atomic mass is 9.93. The van der Waals surface area contributed by atoms with E-state index in [9.17, 15) is 9.59 Å². The van der Waals surface area contributed by atoms with Gasteiger partial charge in [0, 0.05) is 19.6 Å². The summed E-state index contributed by atoms with van der Waals surface area (Å²) in [5, 5.41) is 9.00. The van der Waals surface area contributed by atoms with Gasteiger partial charge in [0.2, 0.25) is 5.91 Å². The zero-order valence-electron chi connectivity index (χ0n) is 11.5. The second-order valence-corrected chi connectivity index (χ2v) is 4.93. The molecule has 17 heavy (non-hydrogen) atoms. The summed E-state index contributed by atoms with van der Waals surface area (Å²) < 4.78 is 0. The van der Waals surface area contributed by atoms with Crippen molar-refractivity contribution in [3.8, 4) is 0 Å². The molecule has 0 aliphatic carbocycles. The molecule has 0 aliphatic rings. The number of hydrogen-bond donors (Lipinski definition) is 1. The lowest BCUT2D eigenvalue weighted by Crippen LogP contribution is -2.43. The standard InChI is InChI=1S/C12H24N2O3/c1-6-14(7-2)10(15)8-13(5)9-12(3,4)11(16)17/h6-9H2,1-5H3,(H,16,17). The minimum atomic E-state index is -0.848. The minimum absolute atomic E-state index is 0.0405. The average Bonchev–Trinajstić information content (AvgIpc) is 2.17. The highest BCUT2D eigenvalue weighted by atomic mass is 16.4. The Bertz CT molecular complexity index is 273. The summed E-state index contributed by atoms with van der Waals surface area (Å²) in [6.07, 6.45) is 0. The molecule has 0 unspecified atom stereocenters. The largest absolute Gasteiger partial charge is 0.481 e.